The topological polar surface area (TPSA) is 58.4 Å². The fourth-order valence-corrected chi connectivity index (χ4v) is 1.53. The lowest BCUT2D eigenvalue weighted by atomic mass is 10.0. The van der Waals surface area contributed by atoms with E-state index in [1.54, 1.807) is 0 Å². The van der Waals surface area contributed by atoms with Gasteiger partial charge in [-0.25, -0.2) is 0 Å². The summed E-state index contributed by atoms with van der Waals surface area (Å²) in [4.78, 5) is 13.0. The van der Waals surface area contributed by atoms with E-state index in [0.717, 1.165) is 26.1 Å². The van der Waals surface area contributed by atoms with Gasteiger partial charge in [0, 0.05) is 25.7 Å². The monoisotopic (exact) mass is 185 g/mol. The first-order chi connectivity index (χ1) is 6.11. The smallest absolute Gasteiger partial charge is 0.234 e. The molecular weight excluding hydrogens is 166 g/mol. The Hall–Kier alpha value is -0.610. The van der Waals surface area contributed by atoms with Crippen molar-refractivity contribution in [1.82, 2.24) is 10.2 Å². The highest BCUT2D eigenvalue weighted by molar-refractivity contribution is 5.80. The minimum Gasteiger partial charge on any atom is -0.368 e. The zero-order chi connectivity index (χ0) is 9.84. The van der Waals surface area contributed by atoms with Crippen molar-refractivity contribution >= 4 is 5.91 Å². The number of hydrogen-bond acceptors (Lipinski definition) is 3. The molecule has 76 valence electrons. The van der Waals surface area contributed by atoms with Gasteiger partial charge in [0.25, 0.3) is 0 Å². The Morgan fingerprint density at radius 3 is 2.77 bits per heavy atom. The lowest BCUT2D eigenvalue weighted by Crippen LogP contribution is -2.56. The summed E-state index contributed by atoms with van der Waals surface area (Å²) in [6, 6.07) is 0.502. The normalized spacial score (nSPS) is 23.2. The number of carbonyl (C=O) groups excluding carboxylic acids is 1. The van der Waals surface area contributed by atoms with E-state index in [1.807, 2.05) is 0 Å². The summed E-state index contributed by atoms with van der Waals surface area (Å²) in [5, 5.41) is 3.31. The molecule has 3 N–H and O–H groups in total. The number of likely N-dealkylation sites (tertiary alicyclic amines) is 1. The van der Waals surface area contributed by atoms with Gasteiger partial charge < -0.3 is 11.1 Å². The molecule has 1 atom stereocenters. The number of nitrogens with one attached hydrogen (secondary N) is 1. The fraction of sp³-hybridized carbons (Fsp3) is 0.889. The Labute approximate surface area is 79.5 Å². The largest absolute Gasteiger partial charge is 0.368 e. The first-order valence-corrected chi connectivity index (χ1v) is 4.88. The summed E-state index contributed by atoms with van der Waals surface area (Å²) in [6.45, 7) is 7.09. The minimum absolute atomic E-state index is 0.00559. The number of amides is 1. The van der Waals surface area contributed by atoms with Gasteiger partial charge >= 0.3 is 0 Å². The Morgan fingerprint density at radius 2 is 2.38 bits per heavy atom. The lowest BCUT2D eigenvalue weighted by Gasteiger charge is -2.38. The van der Waals surface area contributed by atoms with Gasteiger partial charge in [0.05, 0.1) is 6.04 Å². The maximum Gasteiger partial charge on any atom is 0.234 e. The van der Waals surface area contributed by atoms with Crippen LogP contribution in [-0.4, -0.2) is 42.5 Å². The zero-order valence-corrected chi connectivity index (χ0v) is 8.42. The van der Waals surface area contributed by atoms with E-state index in [1.165, 1.54) is 0 Å². The van der Waals surface area contributed by atoms with Crippen molar-refractivity contribution in [2.24, 2.45) is 5.73 Å². The number of rotatable bonds is 5. The second-order valence-electron chi connectivity index (χ2n) is 3.85. The Morgan fingerprint density at radius 1 is 1.69 bits per heavy atom. The predicted octanol–water partition coefficient (Wildman–Crippen LogP) is -0.456. The van der Waals surface area contributed by atoms with Crippen LogP contribution >= 0.6 is 0 Å². The molecule has 4 nitrogen and oxygen atoms in total. The molecule has 0 saturated carbocycles. The summed E-state index contributed by atoms with van der Waals surface area (Å²) >= 11 is 0. The van der Waals surface area contributed by atoms with Crippen molar-refractivity contribution in [3.63, 3.8) is 0 Å². The number of nitrogens with zero attached hydrogens (tertiary/aromatic N) is 1. The molecule has 1 unspecified atom stereocenters. The van der Waals surface area contributed by atoms with Crippen LogP contribution in [0.1, 0.15) is 20.3 Å². The van der Waals surface area contributed by atoms with E-state index in [2.05, 4.69) is 24.1 Å². The first kappa shape index (κ1) is 10.5. The summed E-state index contributed by atoms with van der Waals surface area (Å²) in [6.07, 6.45) is 0.928. The molecule has 1 fully saturated rings. The van der Waals surface area contributed by atoms with Crippen LogP contribution < -0.4 is 11.1 Å². The standard InChI is InChI=1S/C9H19N3O/c1-7(2)11-4-6-12-5-3-8(12)9(10)13/h7-8,11H,3-6H2,1-2H3,(H2,10,13). The molecule has 0 aromatic heterocycles. The molecule has 1 aliphatic heterocycles. The molecule has 1 heterocycles. The maximum atomic E-state index is 10.8. The second kappa shape index (κ2) is 4.58. The highest BCUT2D eigenvalue weighted by atomic mass is 16.1. The molecular formula is C9H19N3O. The van der Waals surface area contributed by atoms with Crippen LogP contribution in [0.3, 0.4) is 0 Å². The van der Waals surface area contributed by atoms with E-state index < -0.39 is 0 Å². The summed E-state index contributed by atoms with van der Waals surface area (Å²) < 4.78 is 0. The molecule has 4 heteroatoms. The quantitative estimate of drug-likeness (QED) is 0.609. The lowest BCUT2D eigenvalue weighted by molar-refractivity contribution is -0.127. The van der Waals surface area contributed by atoms with Gasteiger partial charge in [-0.15, -0.1) is 0 Å². The third kappa shape index (κ3) is 2.97. The van der Waals surface area contributed by atoms with Gasteiger partial charge in [-0.1, -0.05) is 13.8 Å². The van der Waals surface area contributed by atoms with E-state index >= 15 is 0 Å². The third-order valence-electron chi connectivity index (χ3n) is 2.41. The van der Waals surface area contributed by atoms with Gasteiger partial charge in [0.15, 0.2) is 0 Å². The predicted molar refractivity (Wildman–Crippen MR) is 52.3 cm³/mol. The van der Waals surface area contributed by atoms with Gasteiger partial charge in [-0.3, -0.25) is 9.69 Å². The van der Waals surface area contributed by atoms with Crippen LogP contribution in [-0.2, 0) is 4.79 Å². The molecule has 1 saturated heterocycles. The minimum atomic E-state index is -0.184. The molecule has 0 aromatic carbocycles. The average Bonchev–Trinajstić information content (AvgIpc) is 1.93. The zero-order valence-electron chi connectivity index (χ0n) is 8.42. The van der Waals surface area contributed by atoms with E-state index in [0.29, 0.717) is 6.04 Å². The van der Waals surface area contributed by atoms with Crippen LogP contribution in [0.4, 0.5) is 0 Å². The van der Waals surface area contributed by atoms with Gasteiger partial charge in [-0.05, 0) is 6.42 Å². The van der Waals surface area contributed by atoms with Crippen LogP contribution in [0, 0.1) is 0 Å². The Bertz CT molecular complexity index is 182. The van der Waals surface area contributed by atoms with Crippen molar-refractivity contribution in [2.75, 3.05) is 19.6 Å². The summed E-state index contributed by atoms with van der Waals surface area (Å²) in [5.74, 6) is -0.184. The SMILES string of the molecule is CC(C)NCCN1CCC1C(N)=O. The van der Waals surface area contributed by atoms with Crippen LogP contribution in [0.15, 0.2) is 0 Å². The molecule has 0 radical (unpaired) electrons. The summed E-state index contributed by atoms with van der Waals surface area (Å²) in [5.41, 5.74) is 5.22. The van der Waals surface area contributed by atoms with Crippen molar-refractivity contribution in [3.05, 3.63) is 0 Å². The highest BCUT2D eigenvalue weighted by Crippen LogP contribution is 2.15. The highest BCUT2D eigenvalue weighted by Gasteiger charge is 2.31. The maximum absolute atomic E-state index is 10.8. The molecule has 1 aliphatic rings. The first-order valence-electron chi connectivity index (χ1n) is 4.88. The van der Waals surface area contributed by atoms with E-state index in [9.17, 15) is 4.79 Å². The number of primary amides is 1. The van der Waals surface area contributed by atoms with Gasteiger partial charge in [-0.2, -0.15) is 0 Å². The Balaban J connectivity index is 2.12. The average molecular weight is 185 g/mol. The molecule has 0 aromatic rings. The number of hydrogen-bond donors (Lipinski definition) is 2. The van der Waals surface area contributed by atoms with Crippen LogP contribution in [0.5, 0.6) is 0 Å². The van der Waals surface area contributed by atoms with Crippen LogP contribution in [0.2, 0.25) is 0 Å². The molecule has 0 aliphatic carbocycles. The molecule has 0 spiro atoms. The molecule has 1 rings (SSSR count). The van der Waals surface area contributed by atoms with E-state index in [-0.39, 0.29) is 11.9 Å². The summed E-state index contributed by atoms with van der Waals surface area (Å²) in [7, 11) is 0. The van der Waals surface area contributed by atoms with Crippen molar-refractivity contribution < 1.29 is 4.79 Å². The molecule has 13 heavy (non-hydrogen) atoms. The molecule has 1 amide bonds. The van der Waals surface area contributed by atoms with Gasteiger partial charge in [0.1, 0.15) is 0 Å². The second-order valence-corrected chi connectivity index (χ2v) is 3.85. The van der Waals surface area contributed by atoms with E-state index in [4.69, 9.17) is 5.73 Å². The number of nitrogens with two attached hydrogens (primary N) is 1. The Kier molecular flexibility index (Phi) is 3.69. The van der Waals surface area contributed by atoms with Crippen LogP contribution in [0.25, 0.3) is 0 Å². The van der Waals surface area contributed by atoms with Crippen molar-refractivity contribution in [1.29, 1.82) is 0 Å². The third-order valence-corrected chi connectivity index (χ3v) is 2.41. The van der Waals surface area contributed by atoms with Crippen molar-refractivity contribution in [3.8, 4) is 0 Å². The van der Waals surface area contributed by atoms with Gasteiger partial charge in [0.2, 0.25) is 5.91 Å². The number of carbonyl (C=O) groups is 1. The van der Waals surface area contributed by atoms with Crippen molar-refractivity contribution in [2.45, 2.75) is 32.4 Å². The molecule has 0 bridgehead atoms. The fourth-order valence-electron chi connectivity index (χ4n) is 1.53.